The summed E-state index contributed by atoms with van der Waals surface area (Å²) in [6.45, 7) is 3.56. The number of carbonyl (C=O) groups is 2. The maximum Gasteiger partial charge on any atom is 0.472 e. The Balaban J connectivity index is 3.56. The van der Waals surface area contributed by atoms with Crippen LogP contribution in [0.15, 0.2) is 36.5 Å². The van der Waals surface area contributed by atoms with Gasteiger partial charge in [-0.15, -0.1) is 0 Å². The molecule has 0 aromatic carbocycles. The van der Waals surface area contributed by atoms with E-state index in [0.717, 1.165) is 51.4 Å². The number of phosphoric ester groups is 1. The number of ether oxygens (including phenoxy) is 1. The van der Waals surface area contributed by atoms with Crippen LogP contribution in [0.4, 0.5) is 0 Å². The molecule has 0 bridgehead atoms. The third-order valence-electron chi connectivity index (χ3n) is 10.8. The van der Waals surface area contributed by atoms with E-state index in [1.165, 1.54) is 161 Å². The minimum Gasteiger partial charge on any atom is -0.463 e. The predicted octanol–water partition coefficient (Wildman–Crippen LogP) is 14.5. The highest BCUT2D eigenvalue weighted by Crippen LogP contribution is 2.42. The quantitative estimate of drug-likeness (QED) is 0.0238. The summed E-state index contributed by atoms with van der Waals surface area (Å²) < 4.78 is 27.0. The standard InChI is InChI=1S/C50H94NO8P/c1-3-5-7-9-11-13-15-17-19-21-22-23-24-25-26-27-29-31-33-35-37-39-41-43-50(54)57-46-48(52)47-59-60(55,56)58-45-44-51-49(53)42-40-38-36-34-32-30-28-20-18-16-14-12-10-8-6-4-2/h11,13,17,19,22-23,48,52H,3-10,12,14-16,18,20-21,24-47H2,1-2H3,(H,51,53)(H,55,56)/b13-11-,19-17-,23-22-. The van der Waals surface area contributed by atoms with E-state index in [0.29, 0.717) is 6.42 Å². The number of amides is 1. The zero-order valence-electron chi connectivity index (χ0n) is 38.9. The SMILES string of the molecule is CCCCC/C=C\C/C=C\C/C=C\CCCCCCCCCCCCC(=O)OCC(O)COP(=O)(O)OCCNC(=O)CCCCCCCCCCCCCCCCCC. The molecule has 0 aliphatic rings. The van der Waals surface area contributed by atoms with Gasteiger partial charge in [-0.3, -0.25) is 18.6 Å². The van der Waals surface area contributed by atoms with Crippen LogP contribution in [0.25, 0.3) is 0 Å². The van der Waals surface area contributed by atoms with Crippen molar-refractivity contribution in [3.8, 4) is 0 Å². The van der Waals surface area contributed by atoms with Crippen LogP contribution < -0.4 is 5.32 Å². The van der Waals surface area contributed by atoms with Gasteiger partial charge in [0.05, 0.1) is 13.2 Å². The molecule has 9 nitrogen and oxygen atoms in total. The van der Waals surface area contributed by atoms with E-state index < -0.39 is 26.5 Å². The van der Waals surface area contributed by atoms with Gasteiger partial charge in [0, 0.05) is 19.4 Å². The second-order valence-electron chi connectivity index (χ2n) is 16.8. The second-order valence-corrected chi connectivity index (χ2v) is 18.2. The van der Waals surface area contributed by atoms with Gasteiger partial charge >= 0.3 is 13.8 Å². The first-order valence-corrected chi connectivity index (χ1v) is 26.5. The highest BCUT2D eigenvalue weighted by atomic mass is 31.2. The average Bonchev–Trinajstić information content (AvgIpc) is 3.23. The Labute approximate surface area is 369 Å². The lowest BCUT2D eigenvalue weighted by atomic mass is 10.0. The van der Waals surface area contributed by atoms with Gasteiger partial charge in [-0.25, -0.2) is 4.57 Å². The molecule has 0 heterocycles. The van der Waals surface area contributed by atoms with Gasteiger partial charge in [-0.05, 0) is 51.4 Å². The van der Waals surface area contributed by atoms with E-state index in [1.807, 2.05) is 0 Å². The van der Waals surface area contributed by atoms with Crippen LogP contribution in [0.1, 0.15) is 239 Å². The number of phosphoric acid groups is 1. The highest BCUT2D eigenvalue weighted by Gasteiger charge is 2.23. The molecule has 0 fully saturated rings. The van der Waals surface area contributed by atoms with Gasteiger partial charge in [0.1, 0.15) is 12.7 Å². The third kappa shape index (κ3) is 47.3. The summed E-state index contributed by atoms with van der Waals surface area (Å²) in [6.07, 6.45) is 53.6. The Kier molecular flexibility index (Phi) is 45.3. The predicted molar refractivity (Wildman–Crippen MR) is 252 cm³/mol. The van der Waals surface area contributed by atoms with Gasteiger partial charge in [-0.2, -0.15) is 0 Å². The molecular weight excluding hydrogens is 774 g/mol. The van der Waals surface area contributed by atoms with Crippen LogP contribution in [0.3, 0.4) is 0 Å². The number of aliphatic hydroxyl groups is 1. The molecule has 60 heavy (non-hydrogen) atoms. The minimum absolute atomic E-state index is 0.0843. The Bertz CT molecular complexity index is 1080. The molecule has 2 atom stereocenters. The summed E-state index contributed by atoms with van der Waals surface area (Å²) in [6, 6.07) is 0. The number of hydrogen-bond donors (Lipinski definition) is 3. The molecular formula is C50H94NO8P. The maximum absolute atomic E-state index is 12.1. The summed E-state index contributed by atoms with van der Waals surface area (Å²) in [5.41, 5.74) is 0. The topological polar surface area (TPSA) is 131 Å². The lowest BCUT2D eigenvalue weighted by Gasteiger charge is -2.15. The highest BCUT2D eigenvalue weighted by molar-refractivity contribution is 7.47. The van der Waals surface area contributed by atoms with Crippen molar-refractivity contribution in [2.24, 2.45) is 0 Å². The smallest absolute Gasteiger partial charge is 0.463 e. The molecule has 0 aliphatic heterocycles. The normalized spacial score (nSPS) is 13.5. The Hall–Kier alpha value is -1.77. The molecule has 0 saturated carbocycles. The van der Waals surface area contributed by atoms with Crippen LogP contribution in [-0.2, 0) is 27.9 Å². The number of carbonyl (C=O) groups excluding carboxylic acids is 2. The lowest BCUT2D eigenvalue weighted by molar-refractivity contribution is -0.147. The molecule has 0 spiro atoms. The van der Waals surface area contributed by atoms with Crippen molar-refractivity contribution in [3.05, 3.63) is 36.5 Å². The summed E-state index contributed by atoms with van der Waals surface area (Å²) in [5.74, 6) is -0.512. The van der Waals surface area contributed by atoms with Crippen LogP contribution in [0.2, 0.25) is 0 Å². The van der Waals surface area contributed by atoms with Crippen LogP contribution in [0.5, 0.6) is 0 Å². The number of aliphatic hydroxyl groups excluding tert-OH is 1. The fraction of sp³-hybridized carbons (Fsp3) is 0.840. The Morgan fingerprint density at radius 1 is 0.517 bits per heavy atom. The van der Waals surface area contributed by atoms with Crippen molar-refractivity contribution in [1.29, 1.82) is 0 Å². The van der Waals surface area contributed by atoms with Crippen molar-refractivity contribution < 1.29 is 37.9 Å². The molecule has 0 aromatic heterocycles. The third-order valence-corrected chi connectivity index (χ3v) is 11.8. The number of hydrogen-bond acceptors (Lipinski definition) is 7. The molecule has 352 valence electrons. The van der Waals surface area contributed by atoms with Crippen molar-refractivity contribution in [1.82, 2.24) is 5.32 Å². The van der Waals surface area contributed by atoms with Gasteiger partial charge in [0.25, 0.3) is 0 Å². The first-order chi connectivity index (χ1) is 29.3. The molecule has 0 rings (SSSR count). The second kappa shape index (κ2) is 46.7. The number of nitrogens with one attached hydrogen (secondary N) is 1. The van der Waals surface area contributed by atoms with E-state index in [4.69, 9.17) is 13.8 Å². The van der Waals surface area contributed by atoms with Gasteiger partial charge in [0.2, 0.25) is 5.91 Å². The Morgan fingerprint density at radius 2 is 0.900 bits per heavy atom. The van der Waals surface area contributed by atoms with Crippen molar-refractivity contribution in [2.75, 3.05) is 26.4 Å². The van der Waals surface area contributed by atoms with Crippen molar-refractivity contribution in [2.45, 2.75) is 245 Å². The minimum atomic E-state index is -4.42. The largest absolute Gasteiger partial charge is 0.472 e. The summed E-state index contributed by atoms with van der Waals surface area (Å²) in [7, 11) is -4.42. The van der Waals surface area contributed by atoms with Crippen LogP contribution in [0, 0.1) is 0 Å². The van der Waals surface area contributed by atoms with E-state index >= 15 is 0 Å². The van der Waals surface area contributed by atoms with Gasteiger partial charge in [0.15, 0.2) is 0 Å². The first kappa shape index (κ1) is 58.2. The molecule has 10 heteroatoms. The summed E-state index contributed by atoms with van der Waals surface area (Å²) in [4.78, 5) is 34.0. The lowest BCUT2D eigenvalue weighted by Crippen LogP contribution is -2.27. The van der Waals surface area contributed by atoms with Crippen molar-refractivity contribution >= 4 is 19.7 Å². The molecule has 0 radical (unpaired) electrons. The van der Waals surface area contributed by atoms with E-state index in [1.54, 1.807) is 0 Å². The monoisotopic (exact) mass is 868 g/mol. The van der Waals surface area contributed by atoms with Gasteiger partial charge < -0.3 is 20.1 Å². The zero-order valence-corrected chi connectivity index (χ0v) is 39.8. The van der Waals surface area contributed by atoms with E-state index in [2.05, 4.69) is 55.6 Å². The maximum atomic E-state index is 12.1. The molecule has 0 aromatic rings. The summed E-state index contributed by atoms with van der Waals surface area (Å²) >= 11 is 0. The van der Waals surface area contributed by atoms with Crippen LogP contribution >= 0.6 is 7.82 Å². The zero-order chi connectivity index (χ0) is 43.9. The number of unbranched alkanes of at least 4 members (excludes halogenated alkanes) is 28. The Morgan fingerprint density at radius 3 is 1.38 bits per heavy atom. The fourth-order valence-corrected chi connectivity index (χ4v) is 7.79. The fourth-order valence-electron chi connectivity index (χ4n) is 7.04. The number of esters is 1. The molecule has 1 amide bonds. The first-order valence-electron chi connectivity index (χ1n) is 25.0. The van der Waals surface area contributed by atoms with Crippen molar-refractivity contribution in [3.63, 3.8) is 0 Å². The number of allylic oxidation sites excluding steroid dienone is 6. The molecule has 2 unspecified atom stereocenters. The van der Waals surface area contributed by atoms with Crippen LogP contribution in [-0.4, -0.2) is 54.3 Å². The van der Waals surface area contributed by atoms with Gasteiger partial charge in [-0.1, -0.05) is 211 Å². The average molecular weight is 868 g/mol. The summed E-state index contributed by atoms with van der Waals surface area (Å²) in [5, 5.41) is 12.7. The molecule has 0 saturated heterocycles. The van der Waals surface area contributed by atoms with E-state index in [9.17, 15) is 24.2 Å². The number of rotatable bonds is 47. The molecule has 0 aliphatic carbocycles. The molecule has 3 N–H and O–H groups in total. The van der Waals surface area contributed by atoms with E-state index in [-0.39, 0.29) is 32.1 Å².